The van der Waals surface area contributed by atoms with E-state index in [9.17, 15) is 9.90 Å². The number of aliphatic hydroxyl groups excluding tert-OH is 1. The Balaban J connectivity index is 1.66. The molecule has 33 heavy (non-hydrogen) atoms. The maximum atomic E-state index is 12.4. The molecule has 0 aromatic heterocycles. The summed E-state index contributed by atoms with van der Waals surface area (Å²) >= 11 is 0. The Morgan fingerprint density at radius 1 is 1.15 bits per heavy atom. The minimum atomic E-state index is -0.487. The standard InChI is InChI=1S/C28H44N2O3/c1-19(21-9-10-22-23(17-21)28(7,8)14-13-27(22,5)6)29-24(18-31)20-11-15-30(16-12-20)25(32)33-26(2,3)4/h9-10,17,20,24,29,31H,1,11-16,18H2,2-8H3. The molecule has 0 spiro atoms. The highest BCUT2D eigenvalue weighted by atomic mass is 16.6. The van der Waals surface area contributed by atoms with Crippen molar-refractivity contribution in [3.05, 3.63) is 41.5 Å². The van der Waals surface area contributed by atoms with E-state index in [1.807, 2.05) is 20.8 Å². The second-order valence-corrected chi connectivity index (χ2v) is 12.2. The van der Waals surface area contributed by atoms with Crippen LogP contribution in [-0.2, 0) is 15.6 Å². The molecule has 1 aliphatic heterocycles. The van der Waals surface area contributed by atoms with Gasteiger partial charge in [-0.3, -0.25) is 0 Å². The number of nitrogens with zero attached hydrogens (tertiary/aromatic N) is 1. The van der Waals surface area contributed by atoms with Crippen molar-refractivity contribution in [2.45, 2.75) is 96.6 Å². The summed E-state index contributed by atoms with van der Waals surface area (Å²) in [5, 5.41) is 13.6. The number of aliphatic hydroxyl groups is 1. The van der Waals surface area contributed by atoms with Gasteiger partial charge in [0.15, 0.2) is 0 Å². The Morgan fingerprint density at radius 3 is 2.27 bits per heavy atom. The summed E-state index contributed by atoms with van der Waals surface area (Å²) in [4.78, 5) is 14.1. The van der Waals surface area contributed by atoms with Gasteiger partial charge in [-0.15, -0.1) is 0 Å². The molecular formula is C28H44N2O3. The zero-order valence-corrected chi connectivity index (χ0v) is 21.8. The van der Waals surface area contributed by atoms with Crippen molar-refractivity contribution in [2.24, 2.45) is 5.92 Å². The number of hydrogen-bond donors (Lipinski definition) is 2. The van der Waals surface area contributed by atoms with Crippen LogP contribution in [0.1, 0.15) is 90.8 Å². The Hall–Kier alpha value is -2.01. The summed E-state index contributed by atoms with van der Waals surface area (Å²) in [6.07, 6.45) is 3.77. The van der Waals surface area contributed by atoms with Crippen LogP contribution in [0.2, 0.25) is 0 Å². The molecule has 1 heterocycles. The minimum absolute atomic E-state index is 0.0413. The van der Waals surface area contributed by atoms with Crippen LogP contribution in [0.3, 0.4) is 0 Å². The summed E-state index contributed by atoms with van der Waals surface area (Å²) in [7, 11) is 0. The smallest absolute Gasteiger partial charge is 0.410 e. The first-order valence-electron chi connectivity index (χ1n) is 12.4. The lowest BCUT2D eigenvalue weighted by atomic mass is 9.63. The molecule has 0 saturated carbocycles. The van der Waals surface area contributed by atoms with E-state index >= 15 is 0 Å². The Labute approximate surface area is 200 Å². The summed E-state index contributed by atoms with van der Waals surface area (Å²) in [6.45, 7) is 20.6. The van der Waals surface area contributed by atoms with Gasteiger partial charge in [0.05, 0.1) is 12.6 Å². The molecule has 184 valence electrons. The van der Waals surface area contributed by atoms with Gasteiger partial charge in [-0.05, 0) is 86.0 Å². The van der Waals surface area contributed by atoms with Crippen molar-refractivity contribution in [2.75, 3.05) is 19.7 Å². The number of piperidine rings is 1. The Morgan fingerprint density at radius 2 is 1.73 bits per heavy atom. The molecule has 1 aliphatic carbocycles. The number of benzene rings is 1. The summed E-state index contributed by atoms with van der Waals surface area (Å²) in [6, 6.07) is 6.65. The zero-order chi connectivity index (χ0) is 24.6. The fourth-order valence-electron chi connectivity index (χ4n) is 5.21. The molecular weight excluding hydrogens is 412 g/mol. The lowest BCUT2D eigenvalue weighted by Gasteiger charge is -2.42. The van der Waals surface area contributed by atoms with Crippen molar-refractivity contribution in [3.8, 4) is 0 Å². The third-order valence-corrected chi connectivity index (χ3v) is 7.52. The first kappa shape index (κ1) is 25.6. The van der Waals surface area contributed by atoms with Crippen LogP contribution in [-0.4, -0.2) is 47.4 Å². The SMILES string of the molecule is C=C(NC(CO)C1CCN(C(=O)OC(C)(C)C)CC1)c1ccc2c(c1)C(C)(C)CCC2(C)C. The van der Waals surface area contributed by atoms with Crippen LogP contribution < -0.4 is 5.32 Å². The average Bonchev–Trinajstić information content (AvgIpc) is 2.74. The summed E-state index contributed by atoms with van der Waals surface area (Å²) in [5.74, 6) is 0.276. The van der Waals surface area contributed by atoms with Crippen LogP contribution in [0, 0.1) is 5.92 Å². The molecule has 5 nitrogen and oxygen atoms in total. The van der Waals surface area contributed by atoms with Crippen LogP contribution in [0.5, 0.6) is 0 Å². The van der Waals surface area contributed by atoms with E-state index < -0.39 is 5.60 Å². The van der Waals surface area contributed by atoms with Crippen LogP contribution in [0.25, 0.3) is 5.70 Å². The van der Waals surface area contributed by atoms with Crippen LogP contribution in [0.15, 0.2) is 24.8 Å². The molecule has 1 saturated heterocycles. The zero-order valence-electron chi connectivity index (χ0n) is 21.8. The molecule has 1 amide bonds. The highest BCUT2D eigenvalue weighted by Gasteiger charge is 2.37. The molecule has 1 unspecified atom stereocenters. The van der Waals surface area contributed by atoms with Gasteiger partial charge in [0.1, 0.15) is 5.60 Å². The number of carbonyl (C=O) groups excluding carboxylic acids is 1. The predicted molar refractivity (Wildman–Crippen MR) is 135 cm³/mol. The molecule has 1 aromatic rings. The van der Waals surface area contributed by atoms with E-state index in [0.29, 0.717) is 13.1 Å². The predicted octanol–water partition coefficient (Wildman–Crippen LogP) is 5.60. The second-order valence-electron chi connectivity index (χ2n) is 12.2. The Bertz CT molecular complexity index is 874. The maximum absolute atomic E-state index is 12.4. The van der Waals surface area contributed by atoms with E-state index in [1.165, 1.54) is 24.0 Å². The molecule has 0 bridgehead atoms. The maximum Gasteiger partial charge on any atom is 0.410 e. The number of rotatable bonds is 5. The molecule has 1 aromatic carbocycles. The van der Waals surface area contributed by atoms with Gasteiger partial charge in [0.2, 0.25) is 0 Å². The van der Waals surface area contributed by atoms with Gasteiger partial charge in [0, 0.05) is 18.8 Å². The first-order valence-corrected chi connectivity index (χ1v) is 12.4. The first-order chi connectivity index (χ1) is 15.2. The highest BCUT2D eigenvalue weighted by Crippen LogP contribution is 2.46. The largest absolute Gasteiger partial charge is 0.444 e. The number of hydrogen-bond acceptors (Lipinski definition) is 4. The van der Waals surface area contributed by atoms with Gasteiger partial charge >= 0.3 is 6.09 Å². The van der Waals surface area contributed by atoms with E-state index in [2.05, 4.69) is 57.8 Å². The lowest BCUT2D eigenvalue weighted by molar-refractivity contribution is 0.0162. The number of carbonyl (C=O) groups is 1. The van der Waals surface area contributed by atoms with Crippen molar-refractivity contribution < 1.29 is 14.6 Å². The molecule has 3 rings (SSSR count). The van der Waals surface area contributed by atoms with E-state index in [-0.39, 0.29) is 35.5 Å². The van der Waals surface area contributed by atoms with Gasteiger partial charge in [-0.1, -0.05) is 46.4 Å². The molecule has 1 atom stereocenters. The van der Waals surface area contributed by atoms with Gasteiger partial charge in [-0.25, -0.2) is 4.79 Å². The van der Waals surface area contributed by atoms with Crippen molar-refractivity contribution in [1.29, 1.82) is 0 Å². The summed E-state index contributed by atoms with van der Waals surface area (Å²) in [5.41, 5.74) is 4.63. The number of fused-ring (bicyclic) bond motifs is 1. The lowest BCUT2D eigenvalue weighted by Crippen LogP contribution is -2.47. The molecule has 0 radical (unpaired) electrons. The third-order valence-electron chi connectivity index (χ3n) is 7.52. The highest BCUT2D eigenvalue weighted by molar-refractivity contribution is 5.68. The van der Waals surface area contributed by atoms with Crippen molar-refractivity contribution in [3.63, 3.8) is 0 Å². The number of nitrogens with one attached hydrogen (secondary N) is 1. The average molecular weight is 457 g/mol. The topological polar surface area (TPSA) is 61.8 Å². The number of amides is 1. The fraction of sp³-hybridized carbons (Fsp3) is 0.679. The monoisotopic (exact) mass is 456 g/mol. The number of likely N-dealkylation sites (tertiary alicyclic amines) is 1. The minimum Gasteiger partial charge on any atom is -0.444 e. The van der Waals surface area contributed by atoms with E-state index in [0.717, 1.165) is 24.1 Å². The van der Waals surface area contributed by atoms with Crippen molar-refractivity contribution >= 4 is 11.8 Å². The molecule has 2 aliphatic rings. The van der Waals surface area contributed by atoms with Crippen LogP contribution >= 0.6 is 0 Å². The van der Waals surface area contributed by atoms with Crippen LogP contribution in [0.4, 0.5) is 4.79 Å². The van der Waals surface area contributed by atoms with E-state index in [1.54, 1.807) is 4.90 Å². The fourth-order valence-corrected chi connectivity index (χ4v) is 5.21. The number of ether oxygens (including phenoxy) is 1. The third kappa shape index (κ3) is 5.92. The molecule has 1 fully saturated rings. The quantitative estimate of drug-likeness (QED) is 0.605. The van der Waals surface area contributed by atoms with Gasteiger partial charge in [0.25, 0.3) is 0 Å². The van der Waals surface area contributed by atoms with Gasteiger partial charge < -0.3 is 20.1 Å². The molecule has 2 N–H and O–H groups in total. The second kappa shape index (κ2) is 9.32. The molecule has 5 heteroatoms. The van der Waals surface area contributed by atoms with E-state index in [4.69, 9.17) is 4.74 Å². The Kier molecular flexibility index (Phi) is 7.24. The van der Waals surface area contributed by atoms with Gasteiger partial charge in [-0.2, -0.15) is 0 Å². The normalized spacial score (nSPS) is 21.2. The van der Waals surface area contributed by atoms with Crippen molar-refractivity contribution in [1.82, 2.24) is 10.2 Å². The summed E-state index contributed by atoms with van der Waals surface area (Å²) < 4.78 is 5.51.